The van der Waals surface area contributed by atoms with Crippen molar-refractivity contribution in [3.05, 3.63) is 48.3 Å². The van der Waals surface area contributed by atoms with E-state index in [0.717, 1.165) is 22.6 Å². The molecule has 0 amide bonds. The summed E-state index contributed by atoms with van der Waals surface area (Å²) in [5, 5.41) is 13.8. The lowest BCUT2D eigenvalue weighted by Gasteiger charge is -2.31. The molecule has 1 saturated heterocycles. The molecule has 0 unspecified atom stereocenters. The summed E-state index contributed by atoms with van der Waals surface area (Å²) in [5.74, 6) is -0.0713. The molecule has 1 aromatic carbocycles. The molecular weight excluding hydrogens is 316 g/mol. The van der Waals surface area contributed by atoms with Gasteiger partial charge in [-0.1, -0.05) is 29.8 Å². The van der Waals surface area contributed by atoms with Gasteiger partial charge in [0.05, 0.1) is 11.6 Å². The van der Waals surface area contributed by atoms with Crippen LogP contribution in [0.4, 0.5) is 5.82 Å². The molecule has 0 spiro atoms. The number of aryl methyl sites for hydroxylation is 1. The van der Waals surface area contributed by atoms with Gasteiger partial charge < -0.3 is 10.0 Å². The van der Waals surface area contributed by atoms with E-state index in [2.05, 4.69) is 52.2 Å². The Morgan fingerprint density at radius 3 is 2.60 bits per heavy atom. The molecular formula is C19H20N4O2. The van der Waals surface area contributed by atoms with Gasteiger partial charge in [0.2, 0.25) is 0 Å². The van der Waals surface area contributed by atoms with E-state index in [1.165, 1.54) is 5.56 Å². The third kappa shape index (κ3) is 2.95. The molecule has 2 aromatic heterocycles. The topological polar surface area (TPSA) is 70.7 Å². The van der Waals surface area contributed by atoms with Gasteiger partial charge in [-0.3, -0.25) is 4.79 Å². The van der Waals surface area contributed by atoms with Crippen LogP contribution < -0.4 is 4.90 Å². The number of nitrogens with zero attached hydrogens (tertiary/aromatic N) is 4. The van der Waals surface area contributed by atoms with E-state index < -0.39 is 5.97 Å². The maximum Gasteiger partial charge on any atom is 0.306 e. The molecule has 0 atom stereocenters. The quantitative estimate of drug-likeness (QED) is 0.796. The van der Waals surface area contributed by atoms with Crippen LogP contribution in [0, 0.1) is 12.8 Å². The lowest BCUT2D eigenvalue weighted by Crippen LogP contribution is -2.37. The second kappa shape index (κ2) is 6.20. The Labute approximate surface area is 145 Å². The third-order valence-electron chi connectivity index (χ3n) is 4.86. The normalized spacial score (nSPS) is 15.6. The van der Waals surface area contributed by atoms with Crippen molar-refractivity contribution in [1.82, 2.24) is 14.6 Å². The van der Waals surface area contributed by atoms with Crippen LogP contribution in [0.15, 0.2) is 42.7 Å². The Morgan fingerprint density at radius 2 is 1.92 bits per heavy atom. The van der Waals surface area contributed by atoms with Crippen LogP contribution in [0.25, 0.3) is 16.8 Å². The molecule has 4 rings (SSSR count). The largest absolute Gasteiger partial charge is 0.481 e. The zero-order valence-electron chi connectivity index (χ0n) is 14.1. The lowest BCUT2D eigenvalue weighted by atomic mass is 9.97. The van der Waals surface area contributed by atoms with Crippen LogP contribution in [-0.2, 0) is 4.79 Å². The molecule has 0 saturated carbocycles. The highest BCUT2D eigenvalue weighted by Gasteiger charge is 2.26. The molecule has 1 aliphatic heterocycles. The second-order valence-electron chi connectivity index (χ2n) is 6.58. The summed E-state index contributed by atoms with van der Waals surface area (Å²) in [6.07, 6.45) is 4.89. The van der Waals surface area contributed by atoms with Crippen molar-refractivity contribution in [2.75, 3.05) is 18.0 Å². The summed E-state index contributed by atoms with van der Waals surface area (Å²) in [6.45, 7) is 3.47. The lowest BCUT2D eigenvalue weighted by molar-refractivity contribution is -0.142. The van der Waals surface area contributed by atoms with Gasteiger partial charge in [-0.05, 0) is 25.8 Å². The van der Waals surface area contributed by atoms with Crippen molar-refractivity contribution in [2.45, 2.75) is 19.8 Å². The van der Waals surface area contributed by atoms with E-state index in [0.29, 0.717) is 25.9 Å². The van der Waals surface area contributed by atoms with Crippen molar-refractivity contribution in [3.63, 3.8) is 0 Å². The number of carboxylic acids is 1. The van der Waals surface area contributed by atoms with Crippen LogP contribution >= 0.6 is 0 Å². The number of aromatic nitrogens is 3. The fourth-order valence-corrected chi connectivity index (χ4v) is 3.36. The molecule has 0 bridgehead atoms. The van der Waals surface area contributed by atoms with Gasteiger partial charge in [-0.2, -0.15) is 5.10 Å². The number of aliphatic carboxylic acids is 1. The molecule has 1 fully saturated rings. The highest BCUT2D eigenvalue weighted by molar-refractivity contribution is 5.76. The van der Waals surface area contributed by atoms with E-state index in [1.54, 1.807) is 6.20 Å². The van der Waals surface area contributed by atoms with Crippen LogP contribution in [0.2, 0.25) is 0 Å². The summed E-state index contributed by atoms with van der Waals surface area (Å²) in [6, 6.07) is 10.4. The van der Waals surface area contributed by atoms with Gasteiger partial charge in [0, 0.05) is 31.0 Å². The molecule has 0 radical (unpaired) electrons. The number of carboxylic acid groups (broad SMARTS) is 1. The minimum atomic E-state index is -0.697. The highest BCUT2D eigenvalue weighted by Crippen LogP contribution is 2.28. The van der Waals surface area contributed by atoms with Gasteiger partial charge in [0.25, 0.3) is 0 Å². The first-order chi connectivity index (χ1) is 12.1. The van der Waals surface area contributed by atoms with Crippen LogP contribution in [0.3, 0.4) is 0 Å². The first-order valence-electron chi connectivity index (χ1n) is 8.51. The number of benzene rings is 1. The number of anilines is 1. The van der Waals surface area contributed by atoms with Crippen molar-refractivity contribution < 1.29 is 9.90 Å². The van der Waals surface area contributed by atoms with Crippen molar-refractivity contribution in [1.29, 1.82) is 0 Å². The molecule has 6 nitrogen and oxygen atoms in total. The molecule has 1 N–H and O–H groups in total. The summed E-state index contributed by atoms with van der Waals surface area (Å²) in [5.41, 5.74) is 4.16. The van der Waals surface area contributed by atoms with E-state index in [1.807, 2.05) is 10.7 Å². The number of hydrogen-bond donors (Lipinski definition) is 1. The van der Waals surface area contributed by atoms with Gasteiger partial charge in [-0.15, -0.1) is 0 Å². The predicted molar refractivity (Wildman–Crippen MR) is 95.7 cm³/mol. The third-order valence-corrected chi connectivity index (χ3v) is 4.86. The molecule has 3 aromatic rings. The summed E-state index contributed by atoms with van der Waals surface area (Å²) >= 11 is 0. The number of hydrogen-bond acceptors (Lipinski definition) is 4. The maximum absolute atomic E-state index is 11.1. The Morgan fingerprint density at radius 1 is 1.20 bits per heavy atom. The van der Waals surface area contributed by atoms with Gasteiger partial charge >= 0.3 is 5.97 Å². The Kier molecular flexibility index (Phi) is 3.87. The van der Waals surface area contributed by atoms with Crippen LogP contribution in [-0.4, -0.2) is 38.8 Å². The Bertz CT molecular complexity index is 909. The summed E-state index contributed by atoms with van der Waals surface area (Å²) < 4.78 is 1.85. The average Bonchev–Trinajstić information content (AvgIpc) is 3.06. The first-order valence-corrected chi connectivity index (χ1v) is 8.51. The van der Waals surface area contributed by atoms with Crippen molar-refractivity contribution >= 4 is 17.3 Å². The zero-order valence-corrected chi connectivity index (χ0v) is 14.1. The maximum atomic E-state index is 11.1. The monoisotopic (exact) mass is 336 g/mol. The van der Waals surface area contributed by atoms with Crippen molar-refractivity contribution in [3.8, 4) is 11.3 Å². The van der Waals surface area contributed by atoms with Gasteiger partial charge in [0.15, 0.2) is 5.82 Å². The highest BCUT2D eigenvalue weighted by atomic mass is 16.4. The van der Waals surface area contributed by atoms with Crippen molar-refractivity contribution in [2.24, 2.45) is 5.92 Å². The Balaban J connectivity index is 1.66. The van der Waals surface area contributed by atoms with Gasteiger partial charge in [0.1, 0.15) is 5.52 Å². The molecule has 6 heteroatoms. The van der Waals surface area contributed by atoms with Crippen LogP contribution in [0.5, 0.6) is 0 Å². The SMILES string of the molecule is Cc1ccc(-c2cc3c(N4CCC(C(=O)O)CC4)nccn3n2)cc1. The van der Waals surface area contributed by atoms with E-state index in [9.17, 15) is 4.79 Å². The van der Waals surface area contributed by atoms with E-state index >= 15 is 0 Å². The molecule has 3 heterocycles. The van der Waals surface area contributed by atoms with E-state index in [-0.39, 0.29) is 5.92 Å². The smallest absolute Gasteiger partial charge is 0.306 e. The summed E-state index contributed by atoms with van der Waals surface area (Å²) in [7, 11) is 0. The van der Waals surface area contributed by atoms with Gasteiger partial charge in [-0.25, -0.2) is 9.50 Å². The molecule has 1 aliphatic rings. The van der Waals surface area contributed by atoms with Crippen LogP contribution in [0.1, 0.15) is 18.4 Å². The molecule has 0 aliphatic carbocycles. The second-order valence-corrected chi connectivity index (χ2v) is 6.58. The standard InChI is InChI=1S/C19H20N4O2/c1-13-2-4-14(5-3-13)16-12-17-18(20-8-11-23(17)21-16)22-9-6-15(7-10-22)19(24)25/h2-5,8,11-12,15H,6-7,9-10H2,1H3,(H,24,25). The average molecular weight is 336 g/mol. The number of rotatable bonds is 3. The molecule has 25 heavy (non-hydrogen) atoms. The Hall–Kier alpha value is -2.89. The number of carbonyl (C=O) groups is 1. The number of fused-ring (bicyclic) bond motifs is 1. The minimum Gasteiger partial charge on any atom is -0.481 e. The predicted octanol–water partition coefficient (Wildman–Crippen LogP) is 3.01. The fourth-order valence-electron chi connectivity index (χ4n) is 3.36. The number of piperidine rings is 1. The minimum absolute atomic E-state index is 0.246. The summed E-state index contributed by atoms with van der Waals surface area (Å²) in [4.78, 5) is 17.8. The fraction of sp³-hybridized carbons (Fsp3) is 0.316. The molecule has 128 valence electrons. The zero-order chi connectivity index (χ0) is 17.4. The van der Waals surface area contributed by atoms with E-state index in [4.69, 9.17) is 5.11 Å². The first kappa shape index (κ1) is 15.6.